The first-order chi connectivity index (χ1) is 9.82. The molecule has 1 atom stereocenters. The highest BCUT2D eigenvalue weighted by Gasteiger charge is 2.31. The molecule has 1 nitrogen and oxygen atoms in total. The molecule has 0 aliphatic rings. The lowest BCUT2D eigenvalue weighted by Crippen LogP contribution is -2.21. The molecular formula is C16H18F3NS. The molecule has 0 saturated carbocycles. The number of thiophene rings is 1. The van der Waals surface area contributed by atoms with Crippen LogP contribution in [0.1, 0.15) is 39.4 Å². The standard InChI is InChI=1S/C16H18F3NS/c1-4-20-15(14-8-10(2)11(3)21-14)12-6-5-7-13(9-12)16(17,18)19/h5-9,15,20H,4H2,1-3H3. The maximum absolute atomic E-state index is 12.9. The summed E-state index contributed by atoms with van der Waals surface area (Å²) in [6, 6.07) is 7.40. The van der Waals surface area contributed by atoms with E-state index in [-0.39, 0.29) is 6.04 Å². The first-order valence-corrected chi connectivity index (χ1v) is 7.62. The Morgan fingerprint density at radius 1 is 1.19 bits per heavy atom. The van der Waals surface area contributed by atoms with E-state index in [0.29, 0.717) is 12.1 Å². The monoisotopic (exact) mass is 313 g/mol. The summed E-state index contributed by atoms with van der Waals surface area (Å²) >= 11 is 1.63. The number of alkyl halides is 3. The zero-order valence-corrected chi connectivity index (χ0v) is 13.0. The van der Waals surface area contributed by atoms with Crippen molar-refractivity contribution in [3.63, 3.8) is 0 Å². The molecule has 5 heteroatoms. The summed E-state index contributed by atoms with van der Waals surface area (Å²) in [4.78, 5) is 2.24. The van der Waals surface area contributed by atoms with E-state index in [1.54, 1.807) is 17.4 Å². The van der Waals surface area contributed by atoms with E-state index in [0.717, 1.165) is 10.9 Å². The Kier molecular flexibility index (Phi) is 4.74. The van der Waals surface area contributed by atoms with E-state index in [1.807, 2.05) is 26.8 Å². The number of hydrogen-bond donors (Lipinski definition) is 1. The highest BCUT2D eigenvalue weighted by molar-refractivity contribution is 7.12. The fourth-order valence-electron chi connectivity index (χ4n) is 2.23. The minimum Gasteiger partial charge on any atom is -0.306 e. The molecule has 1 heterocycles. The van der Waals surface area contributed by atoms with E-state index in [1.165, 1.54) is 22.6 Å². The molecule has 0 fully saturated rings. The number of nitrogens with one attached hydrogen (secondary N) is 1. The maximum atomic E-state index is 12.9. The van der Waals surface area contributed by atoms with Crippen molar-refractivity contribution >= 4 is 11.3 Å². The van der Waals surface area contributed by atoms with Crippen LogP contribution in [0.15, 0.2) is 30.3 Å². The van der Waals surface area contributed by atoms with Crippen LogP contribution >= 0.6 is 11.3 Å². The Balaban J connectivity index is 2.43. The van der Waals surface area contributed by atoms with E-state index in [4.69, 9.17) is 0 Å². The average molecular weight is 313 g/mol. The van der Waals surface area contributed by atoms with Crippen LogP contribution in [0.4, 0.5) is 13.2 Å². The van der Waals surface area contributed by atoms with Crippen LogP contribution in [0.2, 0.25) is 0 Å². The van der Waals surface area contributed by atoms with Gasteiger partial charge in [0, 0.05) is 9.75 Å². The van der Waals surface area contributed by atoms with Crippen molar-refractivity contribution in [3.05, 3.63) is 56.8 Å². The minimum atomic E-state index is -4.31. The quantitative estimate of drug-likeness (QED) is 0.829. The summed E-state index contributed by atoms with van der Waals surface area (Å²) in [5.74, 6) is 0. The number of halogens is 3. The molecule has 0 amide bonds. The van der Waals surface area contributed by atoms with Gasteiger partial charge in [-0.25, -0.2) is 0 Å². The second-order valence-electron chi connectivity index (χ2n) is 5.00. The van der Waals surface area contributed by atoms with Gasteiger partial charge < -0.3 is 5.32 Å². The van der Waals surface area contributed by atoms with Crippen LogP contribution in [0.3, 0.4) is 0 Å². The van der Waals surface area contributed by atoms with Gasteiger partial charge in [0.15, 0.2) is 0 Å². The van der Waals surface area contributed by atoms with Gasteiger partial charge in [0.25, 0.3) is 0 Å². The second-order valence-corrected chi connectivity index (χ2v) is 6.29. The topological polar surface area (TPSA) is 12.0 Å². The van der Waals surface area contributed by atoms with Crippen molar-refractivity contribution in [2.24, 2.45) is 0 Å². The molecule has 2 rings (SSSR count). The van der Waals surface area contributed by atoms with Crippen molar-refractivity contribution in [1.82, 2.24) is 5.32 Å². The smallest absolute Gasteiger partial charge is 0.306 e. The normalized spacial score (nSPS) is 13.4. The molecule has 2 aromatic rings. The maximum Gasteiger partial charge on any atom is 0.416 e. The van der Waals surface area contributed by atoms with Crippen molar-refractivity contribution in [2.45, 2.75) is 33.0 Å². The number of hydrogen-bond acceptors (Lipinski definition) is 2. The lowest BCUT2D eigenvalue weighted by molar-refractivity contribution is -0.137. The van der Waals surface area contributed by atoms with Crippen molar-refractivity contribution < 1.29 is 13.2 Å². The van der Waals surface area contributed by atoms with Crippen LogP contribution < -0.4 is 5.32 Å². The second kappa shape index (κ2) is 6.20. The molecular weight excluding hydrogens is 295 g/mol. The summed E-state index contributed by atoms with van der Waals surface area (Å²) in [6.45, 7) is 6.69. The van der Waals surface area contributed by atoms with Gasteiger partial charge in [-0.05, 0) is 49.7 Å². The molecule has 1 N–H and O–H groups in total. The van der Waals surface area contributed by atoms with Crippen LogP contribution in [-0.2, 0) is 6.18 Å². The van der Waals surface area contributed by atoms with Gasteiger partial charge in [-0.3, -0.25) is 0 Å². The molecule has 114 valence electrons. The minimum absolute atomic E-state index is 0.199. The SMILES string of the molecule is CCNC(c1cccc(C(F)(F)F)c1)c1cc(C)c(C)s1. The third kappa shape index (κ3) is 3.66. The molecule has 1 aromatic carbocycles. The fourth-order valence-corrected chi connectivity index (χ4v) is 3.37. The summed E-state index contributed by atoms with van der Waals surface area (Å²) < 4.78 is 38.6. The Morgan fingerprint density at radius 2 is 1.90 bits per heavy atom. The zero-order valence-electron chi connectivity index (χ0n) is 12.2. The fraction of sp³-hybridized carbons (Fsp3) is 0.375. The van der Waals surface area contributed by atoms with Gasteiger partial charge in [0.2, 0.25) is 0 Å². The molecule has 21 heavy (non-hydrogen) atoms. The van der Waals surface area contributed by atoms with Crippen molar-refractivity contribution in [3.8, 4) is 0 Å². The highest BCUT2D eigenvalue weighted by Crippen LogP contribution is 2.34. The Bertz CT molecular complexity index is 597. The lowest BCUT2D eigenvalue weighted by atomic mass is 10.0. The number of aryl methyl sites for hydroxylation is 2. The lowest BCUT2D eigenvalue weighted by Gasteiger charge is -2.18. The first kappa shape index (κ1) is 16.0. The Labute approximate surface area is 126 Å². The average Bonchev–Trinajstić information content (AvgIpc) is 2.75. The molecule has 0 spiro atoms. The van der Waals surface area contributed by atoms with Crippen LogP contribution in [-0.4, -0.2) is 6.54 Å². The van der Waals surface area contributed by atoms with E-state index in [2.05, 4.69) is 5.32 Å². The predicted molar refractivity (Wildman–Crippen MR) is 80.8 cm³/mol. The van der Waals surface area contributed by atoms with Gasteiger partial charge in [-0.1, -0.05) is 19.1 Å². The summed E-state index contributed by atoms with van der Waals surface area (Å²) in [5, 5.41) is 3.28. The zero-order chi connectivity index (χ0) is 15.6. The Morgan fingerprint density at radius 3 is 2.43 bits per heavy atom. The summed E-state index contributed by atoms with van der Waals surface area (Å²) in [7, 11) is 0. The van der Waals surface area contributed by atoms with Crippen LogP contribution in [0.25, 0.3) is 0 Å². The highest BCUT2D eigenvalue weighted by atomic mass is 32.1. The summed E-state index contributed by atoms with van der Waals surface area (Å²) in [6.07, 6.45) is -4.31. The first-order valence-electron chi connectivity index (χ1n) is 6.80. The van der Waals surface area contributed by atoms with Gasteiger partial charge in [0.1, 0.15) is 0 Å². The third-order valence-corrected chi connectivity index (χ3v) is 4.64. The van der Waals surface area contributed by atoms with Crippen LogP contribution in [0.5, 0.6) is 0 Å². The van der Waals surface area contributed by atoms with E-state index in [9.17, 15) is 13.2 Å². The molecule has 0 saturated heterocycles. The van der Waals surface area contributed by atoms with Crippen LogP contribution in [0, 0.1) is 13.8 Å². The van der Waals surface area contributed by atoms with E-state index < -0.39 is 11.7 Å². The largest absolute Gasteiger partial charge is 0.416 e. The molecule has 1 unspecified atom stereocenters. The molecule has 1 aromatic heterocycles. The van der Waals surface area contributed by atoms with Crippen molar-refractivity contribution in [1.29, 1.82) is 0 Å². The predicted octanol–water partition coefficient (Wildman–Crippen LogP) is 5.08. The van der Waals surface area contributed by atoms with Gasteiger partial charge in [-0.15, -0.1) is 11.3 Å². The Hall–Kier alpha value is -1.33. The van der Waals surface area contributed by atoms with E-state index >= 15 is 0 Å². The van der Waals surface area contributed by atoms with Gasteiger partial charge in [0.05, 0.1) is 11.6 Å². The van der Waals surface area contributed by atoms with Gasteiger partial charge in [-0.2, -0.15) is 13.2 Å². The molecule has 0 bridgehead atoms. The number of benzene rings is 1. The molecule has 0 aliphatic carbocycles. The van der Waals surface area contributed by atoms with Crippen molar-refractivity contribution in [2.75, 3.05) is 6.54 Å². The number of rotatable bonds is 4. The molecule has 0 radical (unpaired) electrons. The molecule has 0 aliphatic heterocycles. The third-order valence-electron chi connectivity index (χ3n) is 3.43. The van der Waals surface area contributed by atoms with Gasteiger partial charge >= 0.3 is 6.18 Å². The summed E-state index contributed by atoms with van der Waals surface area (Å²) in [5.41, 5.74) is 1.21.